The molecular formula is C25H21F5N4O2. The summed E-state index contributed by atoms with van der Waals surface area (Å²) in [5.74, 6) is -3.02. The Labute approximate surface area is 202 Å². The maximum absolute atomic E-state index is 13.8. The number of aromatic nitrogens is 4. The zero-order valence-electron chi connectivity index (χ0n) is 19.1. The molecule has 0 spiro atoms. The van der Waals surface area contributed by atoms with Gasteiger partial charge in [-0.25, -0.2) is 0 Å². The minimum atomic E-state index is -4.29. The fourth-order valence-electron chi connectivity index (χ4n) is 4.18. The van der Waals surface area contributed by atoms with E-state index in [2.05, 4.69) is 15.2 Å². The summed E-state index contributed by atoms with van der Waals surface area (Å²) in [6.07, 6.45) is -4.12. The molecule has 2 aromatic carbocycles. The van der Waals surface area contributed by atoms with Gasteiger partial charge in [0.25, 0.3) is 11.8 Å². The predicted octanol–water partition coefficient (Wildman–Crippen LogP) is 5.63. The summed E-state index contributed by atoms with van der Waals surface area (Å²) in [5, 5.41) is 17.3. The molecule has 1 N–H and O–H groups in total. The summed E-state index contributed by atoms with van der Waals surface area (Å²) in [6.45, 7) is 0.699. The van der Waals surface area contributed by atoms with Crippen LogP contribution < -0.4 is 0 Å². The van der Waals surface area contributed by atoms with Crippen molar-refractivity contribution in [1.82, 2.24) is 19.9 Å². The molecule has 0 radical (unpaired) electrons. The Kier molecular flexibility index (Phi) is 5.70. The number of aliphatic hydroxyl groups excluding tert-OH is 1. The van der Waals surface area contributed by atoms with Gasteiger partial charge in [-0.1, -0.05) is 47.6 Å². The predicted molar refractivity (Wildman–Crippen MR) is 119 cm³/mol. The average Bonchev–Trinajstić information content (AvgIpc) is 3.41. The molecule has 5 rings (SSSR count). The van der Waals surface area contributed by atoms with E-state index in [-0.39, 0.29) is 42.2 Å². The summed E-state index contributed by atoms with van der Waals surface area (Å²) in [4.78, 5) is 4.32. The van der Waals surface area contributed by atoms with E-state index in [0.29, 0.717) is 16.8 Å². The van der Waals surface area contributed by atoms with Crippen LogP contribution in [0.4, 0.5) is 22.0 Å². The number of hydrogen-bond donors (Lipinski definition) is 1. The van der Waals surface area contributed by atoms with Gasteiger partial charge in [-0.2, -0.15) is 32.0 Å². The van der Waals surface area contributed by atoms with Gasteiger partial charge < -0.3 is 9.63 Å². The average molecular weight is 504 g/mol. The van der Waals surface area contributed by atoms with Crippen molar-refractivity contribution in [2.24, 2.45) is 0 Å². The highest BCUT2D eigenvalue weighted by atomic mass is 19.4. The Bertz CT molecular complexity index is 1390. The lowest BCUT2D eigenvalue weighted by Gasteiger charge is -2.19. The SMILES string of the molecule is Cc1cc(-c2nc(-c3ccc(C4(C(F)(F)F)CC4)cc3)no2)nn1Cc1cccc(C(F)(F)CO)c1. The van der Waals surface area contributed by atoms with E-state index in [1.807, 2.05) is 0 Å². The molecule has 0 atom stereocenters. The van der Waals surface area contributed by atoms with Crippen LogP contribution in [0, 0.1) is 6.92 Å². The smallest absolute Gasteiger partial charge is 0.390 e. The Morgan fingerprint density at radius 2 is 1.75 bits per heavy atom. The zero-order chi connectivity index (χ0) is 25.7. The van der Waals surface area contributed by atoms with Crippen LogP contribution in [0.5, 0.6) is 0 Å². The minimum Gasteiger partial charge on any atom is -0.390 e. The van der Waals surface area contributed by atoms with E-state index in [1.54, 1.807) is 23.7 Å². The number of nitrogens with zero attached hydrogens (tertiary/aromatic N) is 4. The first-order chi connectivity index (χ1) is 17.0. The van der Waals surface area contributed by atoms with Crippen LogP contribution >= 0.6 is 0 Å². The monoisotopic (exact) mass is 504 g/mol. The van der Waals surface area contributed by atoms with Crippen molar-refractivity contribution < 1.29 is 31.6 Å². The molecule has 1 aliphatic rings. The van der Waals surface area contributed by atoms with Gasteiger partial charge >= 0.3 is 6.18 Å². The van der Waals surface area contributed by atoms with Gasteiger partial charge in [-0.3, -0.25) is 4.68 Å². The third-order valence-electron chi connectivity index (χ3n) is 6.49. The molecule has 2 aromatic heterocycles. The summed E-state index contributed by atoms with van der Waals surface area (Å²) in [5.41, 5.74) is 0.331. The summed E-state index contributed by atoms with van der Waals surface area (Å²) in [7, 11) is 0. The molecule has 0 bridgehead atoms. The van der Waals surface area contributed by atoms with Crippen molar-refractivity contribution in [3.63, 3.8) is 0 Å². The summed E-state index contributed by atoms with van der Waals surface area (Å²) in [6, 6.07) is 13.4. The molecule has 0 saturated heterocycles. The van der Waals surface area contributed by atoms with Crippen molar-refractivity contribution >= 4 is 0 Å². The van der Waals surface area contributed by atoms with Crippen LogP contribution in [0.2, 0.25) is 0 Å². The molecule has 2 heterocycles. The largest absolute Gasteiger partial charge is 0.398 e. The second-order valence-corrected chi connectivity index (χ2v) is 8.97. The number of rotatable bonds is 7. The lowest BCUT2D eigenvalue weighted by atomic mass is 9.94. The van der Waals surface area contributed by atoms with Crippen LogP contribution in [-0.2, 0) is 17.9 Å². The second-order valence-electron chi connectivity index (χ2n) is 8.97. The first-order valence-corrected chi connectivity index (χ1v) is 11.2. The molecule has 0 amide bonds. The highest BCUT2D eigenvalue weighted by molar-refractivity contribution is 5.59. The second kappa shape index (κ2) is 8.51. The van der Waals surface area contributed by atoms with Gasteiger partial charge in [0, 0.05) is 16.8 Å². The van der Waals surface area contributed by atoms with Crippen molar-refractivity contribution in [1.29, 1.82) is 0 Å². The maximum Gasteiger partial charge on any atom is 0.398 e. The zero-order valence-corrected chi connectivity index (χ0v) is 19.1. The standard InChI is InChI=1S/C25H21F5N4O2/c1-15-11-20(32-34(15)13-16-3-2-4-19(12-16)24(26,27)14-35)22-31-21(33-36-22)17-5-7-18(8-6-17)23(9-10-23)25(28,29)30/h2-8,11-12,35H,9-10,13-14H2,1H3. The maximum atomic E-state index is 13.8. The number of aryl methyl sites for hydroxylation is 1. The van der Waals surface area contributed by atoms with Crippen molar-refractivity contribution in [2.45, 2.75) is 43.8 Å². The number of aliphatic hydroxyl groups is 1. The van der Waals surface area contributed by atoms with E-state index >= 15 is 0 Å². The Morgan fingerprint density at radius 3 is 2.39 bits per heavy atom. The van der Waals surface area contributed by atoms with Crippen molar-refractivity contribution in [2.75, 3.05) is 6.61 Å². The molecule has 1 aliphatic carbocycles. The van der Waals surface area contributed by atoms with Crippen LogP contribution in [0.15, 0.2) is 59.1 Å². The quantitative estimate of drug-likeness (QED) is 0.330. The summed E-state index contributed by atoms with van der Waals surface area (Å²) >= 11 is 0. The molecule has 1 saturated carbocycles. The molecule has 188 valence electrons. The van der Waals surface area contributed by atoms with Gasteiger partial charge in [0.15, 0.2) is 5.69 Å². The molecule has 0 aliphatic heterocycles. The normalized spacial score (nSPS) is 15.3. The van der Waals surface area contributed by atoms with Crippen molar-refractivity contribution in [3.8, 4) is 23.0 Å². The Balaban J connectivity index is 1.34. The van der Waals surface area contributed by atoms with Crippen LogP contribution in [0.25, 0.3) is 23.0 Å². The molecule has 0 unspecified atom stereocenters. The first kappa shape index (κ1) is 24.1. The molecular weight excluding hydrogens is 483 g/mol. The highest BCUT2D eigenvalue weighted by Gasteiger charge is 2.64. The lowest BCUT2D eigenvalue weighted by molar-refractivity contribution is -0.160. The van der Waals surface area contributed by atoms with E-state index in [4.69, 9.17) is 9.63 Å². The van der Waals surface area contributed by atoms with Crippen LogP contribution in [0.1, 0.15) is 35.2 Å². The number of alkyl halides is 5. The van der Waals surface area contributed by atoms with Crippen molar-refractivity contribution in [3.05, 3.63) is 77.0 Å². The molecule has 11 heteroatoms. The van der Waals surface area contributed by atoms with Gasteiger partial charge in [0.1, 0.15) is 6.61 Å². The minimum absolute atomic E-state index is 0.0817. The Morgan fingerprint density at radius 1 is 1.03 bits per heavy atom. The first-order valence-electron chi connectivity index (χ1n) is 11.2. The van der Waals surface area contributed by atoms with E-state index in [1.165, 1.54) is 42.5 Å². The number of halogens is 5. The molecule has 4 aromatic rings. The van der Waals surface area contributed by atoms with Gasteiger partial charge in [0.2, 0.25) is 5.82 Å². The molecule has 36 heavy (non-hydrogen) atoms. The fraction of sp³-hybridized carbons (Fsp3) is 0.320. The Hall–Kier alpha value is -3.60. The highest BCUT2D eigenvalue weighted by Crippen LogP contribution is 2.58. The van der Waals surface area contributed by atoms with Gasteiger partial charge in [-0.05, 0) is 43.0 Å². The van der Waals surface area contributed by atoms with E-state index < -0.39 is 24.1 Å². The molecule has 6 nitrogen and oxygen atoms in total. The fourth-order valence-corrected chi connectivity index (χ4v) is 4.18. The van der Waals surface area contributed by atoms with E-state index in [9.17, 15) is 22.0 Å². The third-order valence-corrected chi connectivity index (χ3v) is 6.49. The summed E-state index contributed by atoms with van der Waals surface area (Å²) < 4.78 is 74.7. The topological polar surface area (TPSA) is 77.0 Å². The van der Waals surface area contributed by atoms with Crippen LogP contribution in [0.3, 0.4) is 0 Å². The molecule has 1 fully saturated rings. The van der Waals surface area contributed by atoms with E-state index in [0.717, 1.165) is 5.69 Å². The number of benzene rings is 2. The third kappa shape index (κ3) is 4.27. The van der Waals surface area contributed by atoms with Gasteiger partial charge in [0.05, 0.1) is 12.0 Å². The van der Waals surface area contributed by atoms with Crippen LogP contribution in [-0.4, -0.2) is 37.8 Å². The number of hydrogen-bond acceptors (Lipinski definition) is 5. The van der Waals surface area contributed by atoms with Gasteiger partial charge in [-0.15, -0.1) is 0 Å². The lowest BCUT2D eigenvalue weighted by Crippen LogP contribution is -2.28.